The Kier molecular flexibility index (Phi) is 4.19. The number of aliphatic carboxylic acids is 1. The molecule has 1 aliphatic heterocycles. The van der Waals surface area contributed by atoms with Gasteiger partial charge in [-0.1, -0.05) is 12.8 Å². The summed E-state index contributed by atoms with van der Waals surface area (Å²) in [5.74, 6) is -1.09. The maximum atomic E-state index is 12.9. The van der Waals surface area contributed by atoms with E-state index >= 15 is 0 Å². The summed E-state index contributed by atoms with van der Waals surface area (Å²) in [6.45, 7) is 2.14. The number of fused-ring (bicyclic) bond motifs is 1. The first-order valence-corrected chi connectivity index (χ1v) is 8.16. The molecule has 3 rings (SSSR count). The molecular formula is C16H21N3O4. The molecule has 0 bridgehead atoms. The highest BCUT2D eigenvalue weighted by Gasteiger charge is 2.48. The lowest BCUT2D eigenvalue weighted by molar-refractivity contribution is -0.141. The van der Waals surface area contributed by atoms with Gasteiger partial charge in [0.25, 0.3) is 11.5 Å². The van der Waals surface area contributed by atoms with Gasteiger partial charge in [-0.05, 0) is 38.2 Å². The van der Waals surface area contributed by atoms with Crippen LogP contribution in [0.15, 0.2) is 16.9 Å². The number of hydrogen-bond acceptors (Lipinski definition) is 4. The van der Waals surface area contributed by atoms with Crippen LogP contribution in [0.5, 0.6) is 0 Å². The number of carboxylic acid groups (broad SMARTS) is 1. The highest BCUT2D eigenvalue weighted by Crippen LogP contribution is 2.40. The van der Waals surface area contributed by atoms with Crippen LogP contribution in [0.1, 0.15) is 49.5 Å². The third-order valence-electron chi connectivity index (χ3n) is 4.99. The summed E-state index contributed by atoms with van der Waals surface area (Å²) in [4.78, 5) is 37.6. The maximum absolute atomic E-state index is 12.9. The zero-order chi connectivity index (χ0) is 16.6. The van der Waals surface area contributed by atoms with Crippen LogP contribution in [0.25, 0.3) is 0 Å². The van der Waals surface area contributed by atoms with Gasteiger partial charge < -0.3 is 10.0 Å². The van der Waals surface area contributed by atoms with Crippen molar-refractivity contribution in [3.8, 4) is 0 Å². The van der Waals surface area contributed by atoms with E-state index in [-0.39, 0.29) is 29.1 Å². The van der Waals surface area contributed by atoms with E-state index in [1.54, 1.807) is 6.92 Å². The number of carbonyl (C=O) groups is 2. The minimum absolute atomic E-state index is 0.0267. The first-order valence-electron chi connectivity index (χ1n) is 8.16. The van der Waals surface area contributed by atoms with Gasteiger partial charge in [0.1, 0.15) is 11.7 Å². The number of likely N-dealkylation sites (tertiary alicyclic amines) is 1. The van der Waals surface area contributed by atoms with E-state index in [0.29, 0.717) is 13.0 Å². The molecular weight excluding hydrogens is 298 g/mol. The second kappa shape index (κ2) is 6.14. The summed E-state index contributed by atoms with van der Waals surface area (Å²) >= 11 is 0. The number of amides is 1. The van der Waals surface area contributed by atoms with Crippen molar-refractivity contribution in [3.05, 3.63) is 28.2 Å². The van der Waals surface area contributed by atoms with Gasteiger partial charge in [0.15, 0.2) is 0 Å². The van der Waals surface area contributed by atoms with Crippen LogP contribution in [-0.4, -0.2) is 43.7 Å². The van der Waals surface area contributed by atoms with Crippen molar-refractivity contribution in [2.24, 2.45) is 5.92 Å². The summed E-state index contributed by atoms with van der Waals surface area (Å²) < 4.78 is 1.22. The SMILES string of the molecule is CCn1nc(C(=O)N2C(C(=O)O)CC3CCCCC32)ccc1=O. The van der Waals surface area contributed by atoms with Gasteiger partial charge in [0, 0.05) is 18.7 Å². The van der Waals surface area contributed by atoms with Gasteiger partial charge in [0.2, 0.25) is 0 Å². The Morgan fingerprint density at radius 3 is 2.74 bits per heavy atom. The Morgan fingerprint density at radius 2 is 2.04 bits per heavy atom. The fourth-order valence-corrected chi connectivity index (χ4v) is 3.89. The van der Waals surface area contributed by atoms with Gasteiger partial charge in [-0.15, -0.1) is 0 Å². The average molecular weight is 319 g/mol. The number of aromatic nitrogens is 2. The molecule has 23 heavy (non-hydrogen) atoms. The third-order valence-corrected chi connectivity index (χ3v) is 4.99. The fourth-order valence-electron chi connectivity index (χ4n) is 3.89. The van der Waals surface area contributed by atoms with Crippen LogP contribution >= 0.6 is 0 Å². The number of aryl methyl sites for hydroxylation is 1. The fraction of sp³-hybridized carbons (Fsp3) is 0.625. The van der Waals surface area contributed by atoms with Crippen molar-refractivity contribution < 1.29 is 14.7 Å². The largest absolute Gasteiger partial charge is 0.480 e. The average Bonchev–Trinajstić information content (AvgIpc) is 2.94. The van der Waals surface area contributed by atoms with Crippen molar-refractivity contribution in [2.45, 2.75) is 57.7 Å². The van der Waals surface area contributed by atoms with E-state index in [1.807, 2.05) is 0 Å². The summed E-state index contributed by atoms with van der Waals surface area (Å²) in [5, 5.41) is 13.6. The molecule has 0 aromatic carbocycles. The monoisotopic (exact) mass is 319 g/mol. The molecule has 0 radical (unpaired) electrons. The second-order valence-corrected chi connectivity index (χ2v) is 6.29. The Morgan fingerprint density at radius 1 is 1.30 bits per heavy atom. The van der Waals surface area contributed by atoms with Crippen LogP contribution in [0.3, 0.4) is 0 Å². The Hall–Kier alpha value is -2.18. The summed E-state index contributed by atoms with van der Waals surface area (Å²) in [6, 6.07) is 1.89. The molecule has 2 aliphatic rings. The second-order valence-electron chi connectivity index (χ2n) is 6.29. The van der Waals surface area contributed by atoms with Gasteiger partial charge in [-0.3, -0.25) is 9.59 Å². The van der Waals surface area contributed by atoms with Gasteiger partial charge >= 0.3 is 5.97 Å². The molecule has 1 aromatic heterocycles. The Balaban J connectivity index is 1.95. The minimum Gasteiger partial charge on any atom is -0.480 e. The summed E-state index contributed by atoms with van der Waals surface area (Å²) in [7, 11) is 0. The van der Waals surface area contributed by atoms with Crippen molar-refractivity contribution in [3.63, 3.8) is 0 Å². The zero-order valence-electron chi connectivity index (χ0n) is 13.1. The van der Waals surface area contributed by atoms with Crippen LogP contribution in [-0.2, 0) is 11.3 Å². The van der Waals surface area contributed by atoms with Gasteiger partial charge in [0.05, 0.1) is 0 Å². The predicted octanol–water partition coefficient (Wildman–Crippen LogP) is 1.12. The molecule has 7 nitrogen and oxygen atoms in total. The van der Waals surface area contributed by atoms with Crippen molar-refractivity contribution in [1.29, 1.82) is 0 Å². The molecule has 1 saturated heterocycles. The lowest BCUT2D eigenvalue weighted by atomic mass is 9.84. The normalized spacial score (nSPS) is 26.8. The molecule has 1 N–H and O–H groups in total. The molecule has 3 atom stereocenters. The smallest absolute Gasteiger partial charge is 0.326 e. The molecule has 2 heterocycles. The number of nitrogens with zero attached hydrogens (tertiary/aromatic N) is 3. The van der Waals surface area contributed by atoms with E-state index < -0.39 is 12.0 Å². The van der Waals surface area contributed by atoms with Crippen molar-refractivity contribution in [1.82, 2.24) is 14.7 Å². The van der Waals surface area contributed by atoms with Crippen LogP contribution in [0, 0.1) is 5.92 Å². The highest BCUT2D eigenvalue weighted by molar-refractivity contribution is 5.95. The van der Waals surface area contributed by atoms with E-state index in [2.05, 4.69) is 5.10 Å². The lowest BCUT2D eigenvalue weighted by Gasteiger charge is -2.32. The molecule has 3 unspecified atom stereocenters. The van der Waals surface area contributed by atoms with Crippen molar-refractivity contribution in [2.75, 3.05) is 0 Å². The Bertz CT molecular complexity index is 684. The number of rotatable bonds is 3. The van der Waals surface area contributed by atoms with E-state index in [1.165, 1.54) is 21.7 Å². The van der Waals surface area contributed by atoms with Gasteiger partial charge in [-0.25, -0.2) is 9.48 Å². The molecule has 7 heteroatoms. The standard InChI is InChI=1S/C16H21N3O4/c1-2-18-14(20)8-7-11(17-18)15(21)19-12-6-4-3-5-10(12)9-13(19)16(22)23/h7-8,10,12-13H,2-6,9H2,1H3,(H,22,23). The number of carbonyl (C=O) groups excluding carboxylic acids is 1. The van der Waals surface area contributed by atoms with E-state index in [4.69, 9.17) is 0 Å². The van der Waals surface area contributed by atoms with Gasteiger partial charge in [-0.2, -0.15) is 5.10 Å². The quantitative estimate of drug-likeness (QED) is 0.901. The maximum Gasteiger partial charge on any atom is 0.326 e. The topological polar surface area (TPSA) is 92.5 Å². The van der Waals surface area contributed by atoms with Crippen LogP contribution in [0.4, 0.5) is 0 Å². The van der Waals surface area contributed by atoms with Crippen molar-refractivity contribution >= 4 is 11.9 Å². The Labute approximate surface area is 133 Å². The zero-order valence-corrected chi connectivity index (χ0v) is 13.1. The molecule has 0 spiro atoms. The molecule has 1 saturated carbocycles. The molecule has 1 amide bonds. The summed E-state index contributed by atoms with van der Waals surface area (Å²) in [5.41, 5.74) is -0.125. The number of hydrogen-bond donors (Lipinski definition) is 1. The number of carboxylic acids is 1. The predicted molar refractivity (Wildman–Crippen MR) is 82.1 cm³/mol. The lowest BCUT2D eigenvalue weighted by Crippen LogP contribution is -2.46. The molecule has 1 aliphatic carbocycles. The first kappa shape index (κ1) is 15.7. The minimum atomic E-state index is -0.962. The van der Waals surface area contributed by atoms with E-state index in [0.717, 1.165) is 25.7 Å². The van der Waals surface area contributed by atoms with Crippen LogP contribution < -0.4 is 5.56 Å². The molecule has 124 valence electrons. The van der Waals surface area contributed by atoms with Crippen LogP contribution in [0.2, 0.25) is 0 Å². The summed E-state index contributed by atoms with van der Waals surface area (Å²) in [6.07, 6.45) is 4.43. The highest BCUT2D eigenvalue weighted by atomic mass is 16.4. The van der Waals surface area contributed by atoms with E-state index in [9.17, 15) is 19.5 Å². The third kappa shape index (κ3) is 2.75. The molecule has 2 fully saturated rings. The molecule has 1 aromatic rings. The first-order chi connectivity index (χ1) is 11.0.